The zero-order valence-electron chi connectivity index (χ0n) is 15.3. The van der Waals surface area contributed by atoms with E-state index in [1.807, 2.05) is 0 Å². The highest BCUT2D eigenvalue weighted by Gasteiger charge is 2.25. The number of aromatic hydroxyl groups is 1. The van der Waals surface area contributed by atoms with Gasteiger partial charge in [0.1, 0.15) is 11.5 Å². The first-order chi connectivity index (χ1) is 13.0. The zero-order valence-corrected chi connectivity index (χ0v) is 16.2. The maximum Gasteiger partial charge on any atom is 0.243 e. The lowest BCUT2D eigenvalue weighted by Crippen LogP contribution is -2.31. The standard InChI is InChI=1S/C20H24N2O4S/c1-26-18-9-10-20(23)16(13-18)15-21-17-7-6-8-19(14-17)27(24,25)22-11-4-2-3-5-12-22/h6-10,13-15,23H,2-5,11-12H2,1H3. The van der Waals surface area contributed by atoms with Crippen LogP contribution in [0.1, 0.15) is 31.2 Å². The van der Waals surface area contributed by atoms with Crippen molar-refractivity contribution >= 4 is 21.9 Å². The predicted octanol–water partition coefficient (Wildman–Crippen LogP) is 3.72. The average Bonchev–Trinajstić information content (AvgIpc) is 2.98. The van der Waals surface area contributed by atoms with E-state index in [1.165, 1.54) is 12.3 Å². The van der Waals surface area contributed by atoms with Crippen molar-refractivity contribution in [3.05, 3.63) is 48.0 Å². The summed E-state index contributed by atoms with van der Waals surface area (Å²) in [6.45, 7) is 1.13. The molecule has 27 heavy (non-hydrogen) atoms. The molecular weight excluding hydrogens is 364 g/mol. The minimum atomic E-state index is -3.52. The van der Waals surface area contributed by atoms with Gasteiger partial charge in [0.15, 0.2) is 0 Å². The van der Waals surface area contributed by atoms with E-state index in [4.69, 9.17) is 4.74 Å². The van der Waals surface area contributed by atoms with Crippen molar-refractivity contribution in [1.82, 2.24) is 4.31 Å². The van der Waals surface area contributed by atoms with Crippen molar-refractivity contribution in [2.24, 2.45) is 4.99 Å². The van der Waals surface area contributed by atoms with Crippen molar-refractivity contribution in [2.45, 2.75) is 30.6 Å². The Bertz CT molecular complexity index is 917. The number of aliphatic imine (C=N–C) groups is 1. The van der Waals surface area contributed by atoms with E-state index >= 15 is 0 Å². The van der Waals surface area contributed by atoms with Crippen molar-refractivity contribution < 1.29 is 18.3 Å². The maximum atomic E-state index is 12.9. The molecule has 1 heterocycles. The monoisotopic (exact) mass is 388 g/mol. The first kappa shape index (κ1) is 19.4. The third kappa shape index (κ3) is 4.67. The van der Waals surface area contributed by atoms with Gasteiger partial charge in [-0.05, 0) is 49.2 Å². The number of methoxy groups -OCH3 is 1. The summed E-state index contributed by atoms with van der Waals surface area (Å²) in [4.78, 5) is 4.57. The quantitative estimate of drug-likeness (QED) is 0.792. The highest BCUT2D eigenvalue weighted by molar-refractivity contribution is 7.89. The van der Waals surface area contributed by atoms with Gasteiger partial charge in [-0.15, -0.1) is 0 Å². The number of nitrogens with zero attached hydrogens (tertiary/aromatic N) is 2. The molecule has 0 aromatic heterocycles. The maximum absolute atomic E-state index is 12.9. The second-order valence-electron chi connectivity index (χ2n) is 6.50. The molecule has 1 N–H and O–H groups in total. The average molecular weight is 388 g/mol. The fourth-order valence-corrected chi connectivity index (χ4v) is 4.62. The summed E-state index contributed by atoms with van der Waals surface area (Å²) in [6.07, 6.45) is 5.43. The van der Waals surface area contributed by atoms with E-state index in [-0.39, 0.29) is 10.6 Å². The Hall–Kier alpha value is -2.38. The normalized spacial score (nSPS) is 16.3. The molecule has 0 bridgehead atoms. The van der Waals surface area contributed by atoms with Crippen molar-refractivity contribution in [3.63, 3.8) is 0 Å². The van der Waals surface area contributed by atoms with E-state index < -0.39 is 10.0 Å². The zero-order chi connectivity index (χ0) is 19.3. The predicted molar refractivity (Wildman–Crippen MR) is 106 cm³/mol. The Kier molecular flexibility index (Phi) is 6.13. The van der Waals surface area contributed by atoms with E-state index in [9.17, 15) is 13.5 Å². The number of rotatable bonds is 5. The molecule has 0 spiro atoms. The Balaban J connectivity index is 1.85. The molecule has 0 amide bonds. The second-order valence-corrected chi connectivity index (χ2v) is 8.44. The molecule has 2 aromatic rings. The highest BCUT2D eigenvalue weighted by atomic mass is 32.2. The molecule has 3 rings (SSSR count). The smallest absolute Gasteiger partial charge is 0.243 e. The van der Waals surface area contributed by atoms with Gasteiger partial charge >= 0.3 is 0 Å². The molecule has 0 saturated carbocycles. The molecule has 0 aliphatic carbocycles. The lowest BCUT2D eigenvalue weighted by molar-refractivity contribution is 0.412. The summed E-state index contributed by atoms with van der Waals surface area (Å²) in [6, 6.07) is 11.4. The summed E-state index contributed by atoms with van der Waals surface area (Å²) in [5.74, 6) is 0.680. The van der Waals surface area contributed by atoms with Crippen LogP contribution in [-0.4, -0.2) is 44.2 Å². The SMILES string of the molecule is COc1ccc(O)c(C=Nc2cccc(S(=O)(=O)N3CCCCCC3)c2)c1. The number of ether oxygens (including phenoxy) is 1. The Morgan fingerprint density at radius 1 is 1.07 bits per heavy atom. The van der Waals surface area contributed by atoms with Crippen LogP contribution in [0.3, 0.4) is 0 Å². The number of hydrogen-bond acceptors (Lipinski definition) is 5. The number of benzene rings is 2. The summed E-state index contributed by atoms with van der Waals surface area (Å²) in [5, 5.41) is 9.94. The molecule has 0 atom stereocenters. The molecule has 2 aromatic carbocycles. The van der Waals surface area contributed by atoms with Crippen LogP contribution >= 0.6 is 0 Å². The molecule has 0 unspecified atom stereocenters. The molecule has 1 saturated heterocycles. The van der Waals surface area contributed by atoms with Gasteiger partial charge in [0.05, 0.1) is 17.7 Å². The van der Waals surface area contributed by atoms with Crippen LogP contribution in [0.15, 0.2) is 52.4 Å². The number of phenolic OH excluding ortho intramolecular Hbond substituents is 1. The first-order valence-electron chi connectivity index (χ1n) is 9.02. The third-order valence-electron chi connectivity index (χ3n) is 4.61. The minimum absolute atomic E-state index is 0.0768. The van der Waals surface area contributed by atoms with Crippen molar-refractivity contribution in [1.29, 1.82) is 0 Å². The lowest BCUT2D eigenvalue weighted by atomic mass is 10.2. The topological polar surface area (TPSA) is 79.2 Å². The van der Waals surface area contributed by atoms with E-state index in [0.717, 1.165) is 25.7 Å². The van der Waals surface area contributed by atoms with E-state index in [2.05, 4.69) is 4.99 Å². The number of phenols is 1. The molecule has 1 aliphatic heterocycles. The number of sulfonamides is 1. The van der Waals surface area contributed by atoms with E-state index in [1.54, 1.807) is 47.8 Å². The minimum Gasteiger partial charge on any atom is -0.507 e. The van der Waals surface area contributed by atoms with Crippen molar-refractivity contribution in [3.8, 4) is 11.5 Å². The molecular formula is C20H24N2O4S. The van der Waals surface area contributed by atoms with Gasteiger partial charge < -0.3 is 9.84 Å². The third-order valence-corrected chi connectivity index (χ3v) is 6.50. The fourth-order valence-electron chi connectivity index (χ4n) is 3.06. The molecule has 0 radical (unpaired) electrons. The van der Waals surface area contributed by atoms with Crippen LogP contribution in [0.4, 0.5) is 5.69 Å². The second kappa shape index (κ2) is 8.54. The Labute approximate surface area is 160 Å². The van der Waals surface area contributed by atoms with Crippen LogP contribution in [0, 0.1) is 0 Å². The first-order valence-corrected chi connectivity index (χ1v) is 10.5. The molecule has 6 nitrogen and oxygen atoms in total. The molecule has 144 valence electrons. The largest absolute Gasteiger partial charge is 0.507 e. The molecule has 7 heteroatoms. The molecule has 1 fully saturated rings. The molecule has 1 aliphatic rings. The van der Waals surface area contributed by atoms with Crippen molar-refractivity contribution in [2.75, 3.05) is 20.2 Å². The summed E-state index contributed by atoms with van der Waals surface area (Å²) < 4.78 is 32.6. The van der Waals surface area contributed by atoms with Crippen LogP contribution in [0.5, 0.6) is 11.5 Å². The van der Waals surface area contributed by atoms with Gasteiger partial charge in [-0.3, -0.25) is 4.99 Å². The van der Waals surface area contributed by atoms with Crippen LogP contribution in [0.25, 0.3) is 0 Å². The number of hydrogen-bond donors (Lipinski definition) is 1. The highest BCUT2D eigenvalue weighted by Crippen LogP contribution is 2.25. The van der Waals surface area contributed by atoms with Crippen LogP contribution in [-0.2, 0) is 10.0 Å². The van der Waals surface area contributed by atoms with Gasteiger partial charge in [0, 0.05) is 24.9 Å². The summed E-state index contributed by atoms with van der Waals surface area (Å²) in [5.41, 5.74) is 1.00. The van der Waals surface area contributed by atoms with E-state index in [0.29, 0.717) is 30.1 Å². The van der Waals surface area contributed by atoms with Crippen LogP contribution < -0.4 is 4.74 Å². The summed E-state index contributed by atoms with van der Waals surface area (Å²) >= 11 is 0. The fraction of sp³-hybridized carbons (Fsp3) is 0.350. The van der Waals surface area contributed by atoms with Gasteiger partial charge in [0.2, 0.25) is 10.0 Å². The van der Waals surface area contributed by atoms with Gasteiger partial charge in [-0.1, -0.05) is 18.9 Å². The van der Waals surface area contributed by atoms with Crippen LogP contribution in [0.2, 0.25) is 0 Å². The Morgan fingerprint density at radius 2 is 1.81 bits per heavy atom. The van der Waals surface area contributed by atoms with Gasteiger partial charge in [-0.2, -0.15) is 4.31 Å². The van der Waals surface area contributed by atoms with Gasteiger partial charge in [0.25, 0.3) is 0 Å². The Morgan fingerprint density at radius 3 is 2.52 bits per heavy atom. The van der Waals surface area contributed by atoms with Gasteiger partial charge in [-0.25, -0.2) is 8.42 Å². The lowest BCUT2D eigenvalue weighted by Gasteiger charge is -2.20. The summed E-state index contributed by atoms with van der Waals surface area (Å²) in [7, 11) is -1.97.